The first-order valence-electron chi connectivity index (χ1n) is 7.69. The van der Waals surface area contributed by atoms with Crippen molar-refractivity contribution < 1.29 is 27.5 Å². The maximum Gasteiger partial charge on any atom is 0.254 e. The molecule has 5 nitrogen and oxygen atoms in total. The van der Waals surface area contributed by atoms with Crippen LogP contribution in [0.2, 0.25) is 0 Å². The van der Waals surface area contributed by atoms with E-state index in [1.165, 1.54) is 18.9 Å². The van der Waals surface area contributed by atoms with Gasteiger partial charge in [0.25, 0.3) is 5.91 Å². The number of ether oxygens (including phenoxy) is 1. The maximum atomic E-state index is 13.6. The van der Waals surface area contributed by atoms with E-state index in [1.807, 2.05) is 0 Å². The van der Waals surface area contributed by atoms with E-state index in [4.69, 9.17) is 4.74 Å². The summed E-state index contributed by atoms with van der Waals surface area (Å²) in [5, 5.41) is 2.38. The molecular weight excluding hydrogens is 349 g/mol. The zero-order valence-electron chi connectivity index (χ0n) is 14.2. The molecule has 0 aliphatic rings. The summed E-state index contributed by atoms with van der Waals surface area (Å²) in [7, 11) is 1.46. The molecule has 8 heteroatoms. The van der Waals surface area contributed by atoms with Gasteiger partial charge in [0.1, 0.15) is 5.75 Å². The SMILES string of the molecule is COc1ccccc1N(CCNC(=O)c1ccc(F)c(F)c1F)C(C)=O. The van der Waals surface area contributed by atoms with Crippen LogP contribution >= 0.6 is 0 Å². The molecule has 138 valence electrons. The van der Waals surface area contributed by atoms with Crippen LogP contribution in [-0.2, 0) is 4.79 Å². The van der Waals surface area contributed by atoms with E-state index in [0.717, 1.165) is 6.07 Å². The van der Waals surface area contributed by atoms with Gasteiger partial charge in [-0.2, -0.15) is 0 Å². The van der Waals surface area contributed by atoms with Crippen LogP contribution in [0.1, 0.15) is 17.3 Å². The van der Waals surface area contributed by atoms with Gasteiger partial charge in [0, 0.05) is 20.0 Å². The maximum absolute atomic E-state index is 13.6. The lowest BCUT2D eigenvalue weighted by atomic mass is 10.2. The molecule has 0 saturated carbocycles. The van der Waals surface area contributed by atoms with Crippen molar-refractivity contribution in [3.63, 3.8) is 0 Å². The number of hydrogen-bond donors (Lipinski definition) is 1. The van der Waals surface area contributed by atoms with Gasteiger partial charge >= 0.3 is 0 Å². The number of carbonyl (C=O) groups excluding carboxylic acids is 2. The summed E-state index contributed by atoms with van der Waals surface area (Å²) in [5.74, 6) is -5.38. The third-order valence-corrected chi connectivity index (χ3v) is 3.66. The lowest BCUT2D eigenvalue weighted by Crippen LogP contribution is -2.38. The minimum absolute atomic E-state index is 0.0328. The number of rotatable bonds is 6. The molecular formula is C18H17F3N2O3. The first-order valence-corrected chi connectivity index (χ1v) is 7.69. The lowest BCUT2D eigenvalue weighted by molar-refractivity contribution is -0.116. The van der Waals surface area contributed by atoms with E-state index in [1.54, 1.807) is 24.3 Å². The fraction of sp³-hybridized carbons (Fsp3) is 0.222. The van der Waals surface area contributed by atoms with Crippen molar-refractivity contribution in [2.45, 2.75) is 6.92 Å². The molecule has 0 radical (unpaired) electrons. The van der Waals surface area contributed by atoms with Crippen molar-refractivity contribution in [1.82, 2.24) is 5.32 Å². The Bertz CT molecular complexity index is 827. The van der Waals surface area contributed by atoms with Crippen molar-refractivity contribution >= 4 is 17.5 Å². The fourth-order valence-electron chi connectivity index (χ4n) is 2.38. The highest BCUT2D eigenvalue weighted by Crippen LogP contribution is 2.27. The van der Waals surface area contributed by atoms with Crippen molar-refractivity contribution in [3.05, 3.63) is 59.4 Å². The molecule has 0 aliphatic carbocycles. The van der Waals surface area contributed by atoms with Gasteiger partial charge in [-0.15, -0.1) is 0 Å². The molecule has 0 saturated heterocycles. The number of benzene rings is 2. The van der Waals surface area contributed by atoms with Crippen LogP contribution in [0.25, 0.3) is 0 Å². The summed E-state index contributed by atoms with van der Waals surface area (Å²) in [6.45, 7) is 1.39. The molecule has 0 aliphatic heterocycles. The van der Waals surface area contributed by atoms with Crippen molar-refractivity contribution in [3.8, 4) is 5.75 Å². The van der Waals surface area contributed by atoms with E-state index in [0.29, 0.717) is 17.5 Å². The molecule has 2 amide bonds. The lowest BCUT2D eigenvalue weighted by Gasteiger charge is -2.23. The number of halogens is 3. The normalized spacial score (nSPS) is 10.3. The number of para-hydroxylation sites is 2. The molecule has 0 fully saturated rings. The monoisotopic (exact) mass is 366 g/mol. The van der Waals surface area contributed by atoms with E-state index in [2.05, 4.69) is 5.32 Å². The number of methoxy groups -OCH3 is 1. The smallest absolute Gasteiger partial charge is 0.254 e. The topological polar surface area (TPSA) is 58.6 Å². The molecule has 2 rings (SSSR count). The zero-order chi connectivity index (χ0) is 19.3. The van der Waals surface area contributed by atoms with Crippen LogP contribution in [0.3, 0.4) is 0 Å². The van der Waals surface area contributed by atoms with E-state index in [9.17, 15) is 22.8 Å². The molecule has 0 bridgehead atoms. The van der Waals surface area contributed by atoms with Gasteiger partial charge in [0.2, 0.25) is 5.91 Å². The van der Waals surface area contributed by atoms with Gasteiger partial charge in [-0.3, -0.25) is 9.59 Å². The minimum atomic E-state index is -1.71. The summed E-state index contributed by atoms with van der Waals surface area (Å²) >= 11 is 0. The van der Waals surface area contributed by atoms with E-state index >= 15 is 0 Å². The van der Waals surface area contributed by atoms with Crippen molar-refractivity contribution in [1.29, 1.82) is 0 Å². The van der Waals surface area contributed by atoms with Crippen LogP contribution in [0.4, 0.5) is 18.9 Å². The molecule has 0 heterocycles. The van der Waals surface area contributed by atoms with E-state index < -0.39 is 28.9 Å². The molecule has 1 N–H and O–H groups in total. The Morgan fingerprint density at radius 2 is 1.77 bits per heavy atom. The second-order valence-corrected chi connectivity index (χ2v) is 5.32. The van der Waals surface area contributed by atoms with Crippen LogP contribution in [0.5, 0.6) is 5.75 Å². The Morgan fingerprint density at radius 3 is 2.42 bits per heavy atom. The average molecular weight is 366 g/mol. The van der Waals surface area contributed by atoms with Crippen LogP contribution in [0, 0.1) is 17.5 Å². The Balaban J connectivity index is 2.08. The van der Waals surface area contributed by atoms with Gasteiger partial charge in [-0.1, -0.05) is 12.1 Å². The summed E-state index contributed by atoms with van der Waals surface area (Å²) < 4.78 is 45.0. The second-order valence-electron chi connectivity index (χ2n) is 5.32. The average Bonchev–Trinajstić information content (AvgIpc) is 2.63. The number of nitrogens with one attached hydrogen (secondary N) is 1. The number of anilines is 1. The number of hydrogen-bond acceptors (Lipinski definition) is 3. The first kappa shape index (κ1) is 19.3. The van der Waals surface area contributed by atoms with Crippen LogP contribution < -0.4 is 15.0 Å². The molecule has 0 unspecified atom stereocenters. The van der Waals surface area contributed by atoms with Crippen LogP contribution in [-0.4, -0.2) is 32.0 Å². The Morgan fingerprint density at radius 1 is 1.08 bits per heavy atom. The highest BCUT2D eigenvalue weighted by Gasteiger charge is 2.20. The highest BCUT2D eigenvalue weighted by molar-refractivity contribution is 5.95. The van der Waals surface area contributed by atoms with Gasteiger partial charge in [-0.05, 0) is 24.3 Å². The molecule has 26 heavy (non-hydrogen) atoms. The number of nitrogens with zero attached hydrogens (tertiary/aromatic N) is 1. The fourth-order valence-corrected chi connectivity index (χ4v) is 2.38. The third kappa shape index (κ3) is 4.14. The third-order valence-electron chi connectivity index (χ3n) is 3.66. The predicted octanol–water partition coefficient (Wildman–Crippen LogP) is 2.90. The van der Waals surface area contributed by atoms with Crippen molar-refractivity contribution in [2.24, 2.45) is 0 Å². The molecule has 2 aromatic rings. The quantitative estimate of drug-likeness (QED) is 0.800. The number of amides is 2. The molecule has 2 aromatic carbocycles. The summed E-state index contributed by atoms with van der Waals surface area (Å²) in [6, 6.07) is 8.35. The highest BCUT2D eigenvalue weighted by atomic mass is 19.2. The second kappa shape index (κ2) is 8.37. The minimum Gasteiger partial charge on any atom is -0.495 e. The summed E-state index contributed by atoms with van der Waals surface area (Å²) in [5.41, 5.74) is -0.105. The standard InChI is InChI=1S/C18H17F3N2O3/c1-11(24)23(14-5-3-4-6-15(14)26-2)10-9-22-18(25)12-7-8-13(19)17(21)16(12)20/h3-8H,9-10H2,1-2H3,(H,22,25). The Kier molecular flexibility index (Phi) is 6.21. The zero-order valence-corrected chi connectivity index (χ0v) is 14.2. The summed E-state index contributed by atoms with van der Waals surface area (Å²) in [6.07, 6.45) is 0. The van der Waals surface area contributed by atoms with E-state index in [-0.39, 0.29) is 19.0 Å². The molecule has 0 spiro atoms. The predicted molar refractivity (Wildman–Crippen MR) is 89.7 cm³/mol. The largest absolute Gasteiger partial charge is 0.495 e. The van der Waals surface area contributed by atoms with Gasteiger partial charge in [0.05, 0.1) is 18.4 Å². The number of carbonyl (C=O) groups is 2. The first-order chi connectivity index (χ1) is 12.4. The molecule has 0 atom stereocenters. The Labute approximate surface area is 148 Å². The van der Waals surface area contributed by atoms with Crippen molar-refractivity contribution in [2.75, 3.05) is 25.1 Å². The van der Waals surface area contributed by atoms with Gasteiger partial charge in [-0.25, -0.2) is 13.2 Å². The van der Waals surface area contributed by atoms with Crippen LogP contribution in [0.15, 0.2) is 36.4 Å². The Hall–Kier alpha value is -3.03. The molecule has 0 aromatic heterocycles. The van der Waals surface area contributed by atoms with Gasteiger partial charge in [0.15, 0.2) is 17.5 Å². The van der Waals surface area contributed by atoms with Gasteiger partial charge < -0.3 is 15.0 Å². The summed E-state index contributed by atoms with van der Waals surface area (Å²) in [4.78, 5) is 25.2.